The number of aromatic nitrogens is 1. The molecule has 0 amide bonds. The zero-order valence-corrected chi connectivity index (χ0v) is 10.0. The normalized spacial score (nSPS) is 10.1. The molecule has 0 spiro atoms. The summed E-state index contributed by atoms with van der Waals surface area (Å²) in [6, 6.07) is 9.67. The number of ether oxygens (including phenoxy) is 1. The van der Waals surface area contributed by atoms with Gasteiger partial charge >= 0.3 is 0 Å². The fourth-order valence-corrected chi connectivity index (χ4v) is 1.52. The topological polar surface area (TPSA) is 65.3 Å². The first-order valence-corrected chi connectivity index (χ1v) is 5.51. The van der Waals surface area contributed by atoms with E-state index in [0.717, 1.165) is 0 Å². The predicted molar refractivity (Wildman–Crippen MR) is 66.7 cm³/mol. The monoisotopic (exact) mass is 264 g/mol. The lowest BCUT2D eigenvalue weighted by Gasteiger charge is -2.05. The SMILES string of the molecule is O=[N+]([O-])c1cccnc1COc1ccc(Cl)cc1. The molecule has 92 valence electrons. The Kier molecular flexibility index (Phi) is 3.74. The minimum atomic E-state index is -0.479. The molecule has 0 aliphatic heterocycles. The summed E-state index contributed by atoms with van der Waals surface area (Å²) < 4.78 is 5.41. The first-order chi connectivity index (χ1) is 8.66. The minimum Gasteiger partial charge on any atom is -0.487 e. The summed E-state index contributed by atoms with van der Waals surface area (Å²) in [5.41, 5.74) is 0.240. The third kappa shape index (κ3) is 2.95. The van der Waals surface area contributed by atoms with Crippen molar-refractivity contribution in [2.75, 3.05) is 0 Å². The standard InChI is InChI=1S/C12H9ClN2O3/c13-9-3-5-10(6-4-9)18-8-11-12(15(16)17)2-1-7-14-11/h1-7H,8H2. The number of hydrogen-bond donors (Lipinski definition) is 0. The molecule has 5 nitrogen and oxygen atoms in total. The van der Waals surface area contributed by atoms with Crippen LogP contribution in [0.1, 0.15) is 5.69 Å². The Morgan fingerprint density at radius 2 is 2.00 bits per heavy atom. The van der Waals surface area contributed by atoms with Crippen molar-refractivity contribution in [2.45, 2.75) is 6.61 Å². The molecule has 1 heterocycles. The van der Waals surface area contributed by atoms with Crippen LogP contribution in [-0.2, 0) is 6.61 Å². The van der Waals surface area contributed by atoms with Crippen molar-refractivity contribution in [2.24, 2.45) is 0 Å². The third-order valence-electron chi connectivity index (χ3n) is 2.25. The van der Waals surface area contributed by atoms with E-state index in [-0.39, 0.29) is 18.0 Å². The van der Waals surface area contributed by atoms with Crippen LogP contribution in [-0.4, -0.2) is 9.91 Å². The Bertz CT molecular complexity index is 558. The molecule has 0 bridgehead atoms. The molecule has 0 atom stereocenters. The Morgan fingerprint density at radius 3 is 2.67 bits per heavy atom. The van der Waals surface area contributed by atoms with E-state index >= 15 is 0 Å². The Hall–Kier alpha value is -2.14. The highest BCUT2D eigenvalue weighted by Crippen LogP contribution is 2.19. The zero-order chi connectivity index (χ0) is 13.0. The molecule has 0 aliphatic carbocycles. The van der Waals surface area contributed by atoms with E-state index in [1.54, 1.807) is 24.3 Å². The van der Waals surface area contributed by atoms with E-state index in [9.17, 15) is 10.1 Å². The number of nitrogens with zero attached hydrogens (tertiary/aromatic N) is 2. The van der Waals surface area contributed by atoms with Gasteiger partial charge in [0, 0.05) is 17.3 Å². The molecule has 0 saturated carbocycles. The number of pyridine rings is 1. The maximum atomic E-state index is 10.8. The van der Waals surface area contributed by atoms with Crippen LogP contribution in [0.2, 0.25) is 5.02 Å². The molecule has 0 fully saturated rings. The first kappa shape index (κ1) is 12.3. The molecule has 1 aromatic heterocycles. The van der Waals surface area contributed by atoms with Gasteiger partial charge in [-0.1, -0.05) is 11.6 Å². The molecule has 2 rings (SSSR count). The number of hydrogen-bond acceptors (Lipinski definition) is 4. The van der Waals surface area contributed by atoms with Crippen molar-refractivity contribution >= 4 is 17.3 Å². The van der Waals surface area contributed by atoms with Gasteiger partial charge in [0.2, 0.25) is 0 Å². The van der Waals surface area contributed by atoms with Crippen LogP contribution in [0, 0.1) is 10.1 Å². The van der Waals surface area contributed by atoms with Gasteiger partial charge in [-0.2, -0.15) is 0 Å². The van der Waals surface area contributed by atoms with Crippen LogP contribution in [0.3, 0.4) is 0 Å². The Labute approximate surface area is 108 Å². The second-order valence-corrected chi connectivity index (χ2v) is 3.91. The van der Waals surface area contributed by atoms with Gasteiger partial charge in [0.1, 0.15) is 12.4 Å². The summed E-state index contributed by atoms with van der Waals surface area (Å²) in [7, 11) is 0. The maximum Gasteiger partial charge on any atom is 0.294 e. The van der Waals surface area contributed by atoms with Crippen LogP contribution in [0.15, 0.2) is 42.6 Å². The summed E-state index contributed by atoms with van der Waals surface area (Å²) in [4.78, 5) is 14.2. The summed E-state index contributed by atoms with van der Waals surface area (Å²) in [5.74, 6) is 0.583. The van der Waals surface area contributed by atoms with Gasteiger partial charge in [-0.15, -0.1) is 0 Å². The molecule has 0 N–H and O–H groups in total. The van der Waals surface area contributed by atoms with Crippen molar-refractivity contribution < 1.29 is 9.66 Å². The summed E-state index contributed by atoms with van der Waals surface area (Å²) in [6.07, 6.45) is 1.49. The second-order valence-electron chi connectivity index (χ2n) is 3.47. The van der Waals surface area contributed by atoms with Crippen molar-refractivity contribution in [3.63, 3.8) is 0 Å². The zero-order valence-electron chi connectivity index (χ0n) is 9.25. The number of benzene rings is 1. The number of nitro groups is 1. The van der Waals surface area contributed by atoms with Crippen LogP contribution >= 0.6 is 11.6 Å². The molecule has 0 aliphatic rings. The third-order valence-corrected chi connectivity index (χ3v) is 2.50. The van der Waals surface area contributed by atoms with Crippen molar-refractivity contribution in [1.29, 1.82) is 0 Å². The highest BCUT2D eigenvalue weighted by atomic mass is 35.5. The summed E-state index contributed by atoms with van der Waals surface area (Å²) in [5, 5.41) is 11.4. The molecule has 18 heavy (non-hydrogen) atoms. The predicted octanol–water partition coefficient (Wildman–Crippen LogP) is 3.22. The van der Waals surface area contributed by atoms with Crippen LogP contribution < -0.4 is 4.74 Å². The van der Waals surface area contributed by atoms with E-state index in [4.69, 9.17) is 16.3 Å². The molecule has 0 unspecified atom stereocenters. The highest BCUT2D eigenvalue weighted by Gasteiger charge is 2.14. The first-order valence-electron chi connectivity index (χ1n) is 5.13. The molecule has 0 radical (unpaired) electrons. The van der Waals surface area contributed by atoms with Crippen LogP contribution in [0.4, 0.5) is 5.69 Å². The molecule has 6 heteroatoms. The molecule has 1 aromatic carbocycles. The molecule has 0 saturated heterocycles. The maximum absolute atomic E-state index is 10.8. The van der Waals surface area contributed by atoms with Gasteiger partial charge in [0.05, 0.1) is 4.92 Å². The largest absolute Gasteiger partial charge is 0.487 e. The van der Waals surface area contributed by atoms with Gasteiger partial charge in [-0.25, -0.2) is 0 Å². The van der Waals surface area contributed by atoms with Gasteiger partial charge in [0.25, 0.3) is 5.69 Å². The van der Waals surface area contributed by atoms with Crippen molar-refractivity contribution in [3.05, 3.63) is 63.4 Å². The van der Waals surface area contributed by atoms with Crippen LogP contribution in [0.5, 0.6) is 5.75 Å². The van der Waals surface area contributed by atoms with Crippen molar-refractivity contribution in [1.82, 2.24) is 4.98 Å². The van der Waals surface area contributed by atoms with E-state index in [1.165, 1.54) is 18.3 Å². The molecule has 2 aromatic rings. The quantitative estimate of drug-likeness (QED) is 0.628. The smallest absolute Gasteiger partial charge is 0.294 e. The lowest BCUT2D eigenvalue weighted by molar-refractivity contribution is -0.386. The second kappa shape index (κ2) is 5.46. The summed E-state index contributed by atoms with van der Waals surface area (Å²) in [6.45, 7) is 0.0405. The van der Waals surface area contributed by atoms with Gasteiger partial charge in [-0.05, 0) is 30.3 Å². The molecular weight excluding hydrogens is 256 g/mol. The number of halogens is 1. The van der Waals surface area contributed by atoms with Gasteiger partial charge in [-0.3, -0.25) is 15.1 Å². The van der Waals surface area contributed by atoms with Gasteiger partial charge < -0.3 is 4.74 Å². The summed E-state index contributed by atoms with van der Waals surface area (Å²) >= 11 is 5.74. The minimum absolute atomic E-state index is 0.0405. The van der Waals surface area contributed by atoms with E-state index in [1.807, 2.05) is 0 Å². The highest BCUT2D eigenvalue weighted by molar-refractivity contribution is 6.30. The lowest BCUT2D eigenvalue weighted by atomic mass is 10.3. The fourth-order valence-electron chi connectivity index (χ4n) is 1.39. The fraction of sp³-hybridized carbons (Fsp3) is 0.0833. The Morgan fingerprint density at radius 1 is 1.28 bits per heavy atom. The van der Waals surface area contributed by atoms with E-state index in [0.29, 0.717) is 10.8 Å². The lowest BCUT2D eigenvalue weighted by Crippen LogP contribution is -2.02. The average molecular weight is 265 g/mol. The van der Waals surface area contributed by atoms with Crippen LogP contribution in [0.25, 0.3) is 0 Å². The van der Waals surface area contributed by atoms with Gasteiger partial charge in [0.15, 0.2) is 5.69 Å². The average Bonchev–Trinajstić information content (AvgIpc) is 2.38. The van der Waals surface area contributed by atoms with Crippen molar-refractivity contribution in [3.8, 4) is 5.75 Å². The van der Waals surface area contributed by atoms with E-state index < -0.39 is 4.92 Å². The Balaban J connectivity index is 2.10. The van der Waals surface area contributed by atoms with E-state index in [2.05, 4.69) is 4.98 Å². The molecular formula is C12H9ClN2O3. The number of rotatable bonds is 4.